The zero-order valence-electron chi connectivity index (χ0n) is 13.4. The lowest BCUT2D eigenvalue weighted by molar-refractivity contribution is 0.102. The van der Waals surface area contributed by atoms with E-state index in [1.807, 2.05) is 18.2 Å². The van der Waals surface area contributed by atoms with Gasteiger partial charge in [-0.2, -0.15) is 4.98 Å². The largest absolute Gasteiger partial charge is 0.334 e. The zero-order chi connectivity index (χ0) is 16.5. The van der Waals surface area contributed by atoms with Gasteiger partial charge in [-0.3, -0.25) is 4.79 Å². The Kier molecular flexibility index (Phi) is 3.61. The average molecular weight is 319 g/mol. The van der Waals surface area contributed by atoms with Gasteiger partial charge in [0.15, 0.2) is 5.82 Å². The highest BCUT2D eigenvalue weighted by molar-refractivity contribution is 6.04. The SMILES string of the molecule is Cc1noc(-c2ccc(C(=O)Nc3ccc4c(c3)CCC4)cc2)n1. The van der Waals surface area contributed by atoms with Gasteiger partial charge in [-0.25, -0.2) is 0 Å². The number of anilines is 1. The fraction of sp³-hybridized carbons (Fsp3) is 0.211. The molecule has 4 rings (SSSR count). The van der Waals surface area contributed by atoms with E-state index in [0.717, 1.165) is 24.1 Å². The predicted octanol–water partition coefficient (Wildman–Crippen LogP) is 3.79. The molecule has 0 bridgehead atoms. The van der Waals surface area contributed by atoms with Crippen LogP contribution in [0.1, 0.15) is 33.7 Å². The lowest BCUT2D eigenvalue weighted by atomic mass is 10.1. The van der Waals surface area contributed by atoms with Crippen molar-refractivity contribution in [3.63, 3.8) is 0 Å². The first-order valence-electron chi connectivity index (χ1n) is 8.03. The van der Waals surface area contributed by atoms with Crippen molar-refractivity contribution in [2.24, 2.45) is 0 Å². The minimum atomic E-state index is -0.124. The molecule has 5 nitrogen and oxygen atoms in total. The Morgan fingerprint density at radius 3 is 2.62 bits per heavy atom. The number of aryl methyl sites for hydroxylation is 3. The predicted molar refractivity (Wildman–Crippen MR) is 90.9 cm³/mol. The van der Waals surface area contributed by atoms with Gasteiger partial charge >= 0.3 is 0 Å². The lowest BCUT2D eigenvalue weighted by Gasteiger charge is -2.08. The van der Waals surface area contributed by atoms with E-state index in [1.54, 1.807) is 19.1 Å². The lowest BCUT2D eigenvalue weighted by Crippen LogP contribution is -2.11. The summed E-state index contributed by atoms with van der Waals surface area (Å²) in [5.74, 6) is 0.919. The summed E-state index contributed by atoms with van der Waals surface area (Å²) in [7, 11) is 0. The van der Waals surface area contributed by atoms with Crippen molar-refractivity contribution >= 4 is 11.6 Å². The van der Waals surface area contributed by atoms with Gasteiger partial charge in [0.05, 0.1) is 0 Å². The number of nitrogens with one attached hydrogen (secondary N) is 1. The fourth-order valence-electron chi connectivity index (χ4n) is 3.03. The highest BCUT2D eigenvalue weighted by Gasteiger charge is 2.13. The van der Waals surface area contributed by atoms with E-state index in [0.29, 0.717) is 17.3 Å². The van der Waals surface area contributed by atoms with E-state index < -0.39 is 0 Å². The Labute approximate surface area is 139 Å². The summed E-state index contributed by atoms with van der Waals surface area (Å²) in [6, 6.07) is 13.3. The number of rotatable bonds is 3. The van der Waals surface area contributed by atoms with E-state index >= 15 is 0 Å². The number of hydrogen-bond donors (Lipinski definition) is 1. The minimum Gasteiger partial charge on any atom is -0.334 e. The normalized spacial score (nSPS) is 12.9. The maximum Gasteiger partial charge on any atom is 0.257 e. The summed E-state index contributed by atoms with van der Waals surface area (Å²) >= 11 is 0. The van der Waals surface area contributed by atoms with Crippen molar-refractivity contribution in [3.8, 4) is 11.5 Å². The van der Waals surface area contributed by atoms with Crippen molar-refractivity contribution in [2.75, 3.05) is 5.32 Å². The smallest absolute Gasteiger partial charge is 0.257 e. The van der Waals surface area contributed by atoms with Crippen molar-refractivity contribution < 1.29 is 9.32 Å². The summed E-state index contributed by atoms with van der Waals surface area (Å²) < 4.78 is 5.13. The molecule has 0 fully saturated rings. The molecular formula is C19H17N3O2. The Balaban J connectivity index is 1.50. The quantitative estimate of drug-likeness (QED) is 0.797. The van der Waals surface area contributed by atoms with Crippen molar-refractivity contribution in [1.82, 2.24) is 10.1 Å². The van der Waals surface area contributed by atoms with Crippen LogP contribution in [-0.2, 0) is 12.8 Å². The topological polar surface area (TPSA) is 68.0 Å². The van der Waals surface area contributed by atoms with Gasteiger partial charge in [-0.15, -0.1) is 0 Å². The third-order valence-electron chi connectivity index (χ3n) is 4.28. The van der Waals surface area contributed by atoms with E-state index in [4.69, 9.17) is 4.52 Å². The summed E-state index contributed by atoms with van der Waals surface area (Å²) in [5.41, 5.74) is 4.97. The van der Waals surface area contributed by atoms with Gasteiger partial charge in [0.25, 0.3) is 11.8 Å². The maximum atomic E-state index is 12.4. The van der Waals surface area contributed by atoms with Crippen LogP contribution in [0.3, 0.4) is 0 Å². The molecule has 1 heterocycles. The number of carbonyl (C=O) groups is 1. The Bertz CT molecular complexity index is 897. The first-order valence-corrected chi connectivity index (χ1v) is 8.03. The van der Waals surface area contributed by atoms with E-state index in [9.17, 15) is 4.79 Å². The number of benzene rings is 2. The van der Waals surface area contributed by atoms with Crippen LogP contribution in [0.5, 0.6) is 0 Å². The number of carbonyl (C=O) groups excluding carboxylic acids is 1. The van der Waals surface area contributed by atoms with Gasteiger partial charge in [0.1, 0.15) is 0 Å². The zero-order valence-corrected chi connectivity index (χ0v) is 13.4. The molecule has 1 aliphatic carbocycles. The van der Waals surface area contributed by atoms with Gasteiger partial charge in [-0.05, 0) is 73.7 Å². The number of aromatic nitrogens is 2. The molecule has 0 saturated heterocycles. The molecule has 0 spiro atoms. The molecule has 1 aromatic heterocycles. The molecule has 0 radical (unpaired) electrons. The number of fused-ring (bicyclic) bond motifs is 1. The Morgan fingerprint density at radius 1 is 1.08 bits per heavy atom. The van der Waals surface area contributed by atoms with Crippen LogP contribution in [-0.4, -0.2) is 16.0 Å². The third kappa shape index (κ3) is 2.80. The van der Waals surface area contributed by atoms with Crippen LogP contribution >= 0.6 is 0 Å². The van der Waals surface area contributed by atoms with Crippen LogP contribution < -0.4 is 5.32 Å². The van der Waals surface area contributed by atoms with Crippen LogP contribution in [0.25, 0.3) is 11.5 Å². The highest BCUT2D eigenvalue weighted by atomic mass is 16.5. The number of hydrogen-bond acceptors (Lipinski definition) is 4. The number of amides is 1. The van der Waals surface area contributed by atoms with Crippen LogP contribution in [0.4, 0.5) is 5.69 Å². The Hall–Kier alpha value is -2.95. The molecule has 2 aromatic carbocycles. The van der Waals surface area contributed by atoms with Crippen LogP contribution in [0, 0.1) is 6.92 Å². The Morgan fingerprint density at radius 2 is 1.88 bits per heavy atom. The molecule has 1 amide bonds. The molecule has 0 atom stereocenters. The molecule has 0 saturated carbocycles. The van der Waals surface area contributed by atoms with Crippen LogP contribution in [0.2, 0.25) is 0 Å². The molecule has 0 aliphatic heterocycles. The second-order valence-corrected chi connectivity index (χ2v) is 6.02. The summed E-state index contributed by atoms with van der Waals surface area (Å²) in [6.07, 6.45) is 3.43. The second kappa shape index (κ2) is 5.92. The first kappa shape index (κ1) is 14.6. The summed E-state index contributed by atoms with van der Waals surface area (Å²) in [4.78, 5) is 16.6. The van der Waals surface area contributed by atoms with Crippen molar-refractivity contribution in [3.05, 3.63) is 65.0 Å². The van der Waals surface area contributed by atoms with E-state index in [-0.39, 0.29) is 5.91 Å². The van der Waals surface area contributed by atoms with Gasteiger partial charge < -0.3 is 9.84 Å². The summed E-state index contributed by atoms with van der Waals surface area (Å²) in [6.45, 7) is 1.77. The standard InChI is InChI=1S/C19H17N3O2/c1-12-20-19(24-22-12)15-7-5-14(6-8-15)18(23)21-17-10-9-13-3-2-4-16(13)11-17/h5-11H,2-4H2,1H3,(H,21,23). The minimum absolute atomic E-state index is 0.124. The van der Waals surface area contributed by atoms with Crippen molar-refractivity contribution in [2.45, 2.75) is 26.2 Å². The molecule has 5 heteroatoms. The highest BCUT2D eigenvalue weighted by Crippen LogP contribution is 2.25. The third-order valence-corrected chi connectivity index (χ3v) is 4.28. The molecule has 120 valence electrons. The molecule has 24 heavy (non-hydrogen) atoms. The monoisotopic (exact) mass is 319 g/mol. The van der Waals surface area contributed by atoms with Crippen LogP contribution in [0.15, 0.2) is 47.0 Å². The first-order chi connectivity index (χ1) is 11.7. The number of nitrogens with zero attached hydrogens (tertiary/aromatic N) is 2. The second-order valence-electron chi connectivity index (χ2n) is 6.02. The van der Waals surface area contributed by atoms with E-state index in [1.165, 1.54) is 17.5 Å². The molecule has 1 aliphatic rings. The molecular weight excluding hydrogens is 302 g/mol. The fourth-order valence-corrected chi connectivity index (χ4v) is 3.03. The van der Waals surface area contributed by atoms with Crippen molar-refractivity contribution in [1.29, 1.82) is 0 Å². The molecule has 1 N–H and O–H groups in total. The van der Waals surface area contributed by atoms with Gasteiger partial charge in [0, 0.05) is 16.8 Å². The summed E-state index contributed by atoms with van der Waals surface area (Å²) in [5, 5.41) is 6.73. The average Bonchev–Trinajstić information content (AvgIpc) is 3.23. The van der Waals surface area contributed by atoms with Gasteiger partial charge in [0.2, 0.25) is 0 Å². The van der Waals surface area contributed by atoms with E-state index in [2.05, 4.69) is 27.6 Å². The molecule has 0 unspecified atom stereocenters. The van der Waals surface area contributed by atoms with Gasteiger partial charge in [-0.1, -0.05) is 11.2 Å². The molecule has 3 aromatic rings. The maximum absolute atomic E-state index is 12.4.